The first-order valence-corrected chi connectivity index (χ1v) is 11.3. The molecule has 0 saturated carbocycles. The van der Waals surface area contributed by atoms with E-state index in [1.54, 1.807) is 36.4 Å². The van der Waals surface area contributed by atoms with E-state index in [4.69, 9.17) is 19.9 Å². The summed E-state index contributed by atoms with van der Waals surface area (Å²) in [4.78, 5) is 12.6. The predicted molar refractivity (Wildman–Crippen MR) is 135 cm³/mol. The lowest BCUT2D eigenvalue weighted by atomic mass is 9.83. The molecule has 1 atom stereocenters. The van der Waals surface area contributed by atoms with Gasteiger partial charge >= 0.3 is 5.97 Å². The van der Waals surface area contributed by atoms with Crippen LogP contribution in [-0.4, -0.2) is 5.97 Å². The average molecular weight is 475 g/mol. The number of nitriles is 1. The molecule has 4 aromatic rings. The van der Waals surface area contributed by atoms with Gasteiger partial charge in [0.15, 0.2) is 0 Å². The van der Waals surface area contributed by atoms with Crippen LogP contribution in [0.15, 0.2) is 109 Å². The van der Waals surface area contributed by atoms with Gasteiger partial charge in [0.05, 0.1) is 11.5 Å². The van der Waals surface area contributed by atoms with Crippen LogP contribution in [0, 0.1) is 18.3 Å². The number of nitrogens with two attached hydrogens (primary N) is 1. The van der Waals surface area contributed by atoms with Crippen LogP contribution in [0.25, 0.3) is 0 Å². The van der Waals surface area contributed by atoms with Crippen molar-refractivity contribution < 1.29 is 19.0 Å². The first-order chi connectivity index (χ1) is 17.5. The fourth-order valence-electron chi connectivity index (χ4n) is 4.16. The molecule has 0 radical (unpaired) electrons. The SMILES string of the molecule is Cc1cccc(C(=O)Oc2ccc3c(c2)OC(N)=C(C#N)C3c2cccc(Oc3ccccc3)c2)c1. The Labute approximate surface area is 208 Å². The van der Waals surface area contributed by atoms with Crippen molar-refractivity contribution in [3.63, 3.8) is 0 Å². The van der Waals surface area contributed by atoms with Crippen molar-refractivity contribution in [1.29, 1.82) is 5.26 Å². The van der Waals surface area contributed by atoms with Crippen molar-refractivity contribution in [1.82, 2.24) is 0 Å². The summed E-state index contributed by atoms with van der Waals surface area (Å²) in [5, 5.41) is 9.88. The molecule has 0 fully saturated rings. The quantitative estimate of drug-likeness (QED) is 0.272. The highest BCUT2D eigenvalue weighted by molar-refractivity contribution is 5.91. The number of fused-ring (bicyclic) bond motifs is 1. The number of nitrogens with zero attached hydrogens (tertiary/aromatic N) is 1. The number of benzene rings is 4. The van der Waals surface area contributed by atoms with Gasteiger partial charge in [-0.05, 0) is 55.0 Å². The molecule has 1 heterocycles. The fraction of sp³-hybridized carbons (Fsp3) is 0.0667. The topological polar surface area (TPSA) is 94.6 Å². The molecule has 0 aliphatic carbocycles. The number of carbonyl (C=O) groups is 1. The molecule has 1 aliphatic heterocycles. The van der Waals surface area contributed by atoms with Gasteiger partial charge in [0, 0.05) is 11.6 Å². The van der Waals surface area contributed by atoms with Crippen molar-refractivity contribution in [3.05, 3.63) is 131 Å². The van der Waals surface area contributed by atoms with E-state index in [1.165, 1.54) is 0 Å². The smallest absolute Gasteiger partial charge is 0.343 e. The summed E-state index contributed by atoms with van der Waals surface area (Å²) in [6.45, 7) is 1.91. The third kappa shape index (κ3) is 4.63. The summed E-state index contributed by atoms with van der Waals surface area (Å²) in [5.74, 6) is 1.13. The first kappa shape index (κ1) is 22.8. The summed E-state index contributed by atoms with van der Waals surface area (Å²) in [6, 6.07) is 31.4. The molecule has 176 valence electrons. The molecule has 5 rings (SSSR count). The van der Waals surface area contributed by atoms with Crippen molar-refractivity contribution in [2.45, 2.75) is 12.8 Å². The number of esters is 1. The Morgan fingerprint density at radius 2 is 1.67 bits per heavy atom. The lowest BCUT2D eigenvalue weighted by Gasteiger charge is -2.27. The Morgan fingerprint density at radius 1 is 0.889 bits per heavy atom. The largest absolute Gasteiger partial charge is 0.457 e. The van der Waals surface area contributed by atoms with Crippen molar-refractivity contribution in [3.8, 4) is 29.1 Å². The minimum atomic E-state index is -0.474. The number of hydrogen-bond acceptors (Lipinski definition) is 6. The van der Waals surface area contributed by atoms with Gasteiger partial charge in [-0.3, -0.25) is 0 Å². The molecule has 1 aliphatic rings. The third-order valence-corrected chi connectivity index (χ3v) is 5.83. The van der Waals surface area contributed by atoms with E-state index in [2.05, 4.69) is 6.07 Å². The number of rotatable bonds is 5. The number of allylic oxidation sites excluding steroid dienone is 1. The van der Waals surface area contributed by atoms with Crippen LogP contribution in [0.4, 0.5) is 0 Å². The van der Waals surface area contributed by atoms with Crippen molar-refractivity contribution in [2.75, 3.05) is 0 Å². The standard InChI is InChI=1S/C30H22N2O4/c1-19-7-5-9-21(15-19)30(33)35-24-13-14-25-27(17-24)36-29(32)26(18-31)28(25)20-8-6-12-23(16-20)34-22-10-3-2-4-11-22/h2-17,28H,32H2,1H3. The Hall–Kier alpha value is -5.02. The molecule has 36 heavy (non-hydrogen) atoms. The zero-order valence-corrected chi connectivity index (χ0v) is 19.5. The predicted octanol–water partition coefficient (Wildman–Crippen LogP) is 6.22. The summed E-state index contributed by atoms with van der Waals surface area (Å²) < 4.78 is 17.3. The summed E-state index contributed by atoms with van der Waals surface area (Å²) in [7, 11) is 0. The molecule has 0 amide bonds. The second kappa shape index (κ2) is 9.69. The zero-order valence-electron chi connectivity index (χ0n) is 19.5. The monoisotopic (exact) mass is 474 g/mol. The number of ether oxygens (including phenoxy) is 3. The maximum absolute atomic E-state index is 12.6. The summed E-state index contributed by atoms with van der Waals surface area (Å²) in [6.07, 6.45) is 0. The first-order valence-electron chi connectivity index (χ1n) is 11.3. The molecular formula is C30H22N2O4. The van der Waals surface area contributed by atoms with Gasteiger partial charge in [-0.1, -0.05) is 54.1 Å². The molecule has 0 spiro atoms. The van der Waals surface area contributed by atoms with Crippen LogP contribution in [-0.2, 0) is 0 Å². The van der Waals surface area contributed by atoms with E-state index < -0.39 is 11.9 Å². The average Bonchev–Trinajstić information content (AvgIpc) is 2.88. The minimum Gasteiger partial charge on any atom is -0.457 e. The van der Waals surface area contributed by atoms with Gasteiger partial charge in [-0.25, -0.2) is 4.79 Å². The third-order valence-electron chi connectivity index (χ3n) is 5.83. The number of aryl methyl sites for hydroxylation is 1. The van der Waals surface area contributed by atoms with Crippen LogP contribution in [0.2, 0.25) is 0 Å². The molecule has 0 saturated heterocycles. The molecular weight excluding hydrogens is 452 g/mol. The Kier molecular flexibility index (Phi) is 6.12. The van der Waals surface area contributed by atoms with E-state index in [-0.39, 0.29) is 5.88 Å². The van der Waals surface area contributed by atoms with E-state index >= 15 is 0 Å². The fourth-order valence-corrected chi connectivity index (χ4v) is 4.16. The van der Waals surface area contributed by atoms with Gasteiger partial charge in [0.25, 0.3) is 0 Å². The Morgan fingerprint density at radius 3 is 2.44 bits per heavy atom. The Bertz CT molecular complexity index is 1520. The number of hydrogen-bond donors (Lipinski definition) is 1. The number of carbonyl (C=O) groups excluding carboxylic acids is 1. The minimum absolute atomic E-state index is 0.00606. The molecule has 1 unspecified atom stereocenters. The van der Waals surface area contributed by atoms with Crippen molar-refractivity contribution in [2.24, 2.45) is 5.73 Å². The molecule has 0 aromatic heterocycles. The van der Waals surface area contributed by atoms with Gasteiger partial charge in [-0.15, -0.1) is 0 Å². The molecule has 0 bridgehead atoms. The maximum Gasteiger partial charge on any atom is 0.343 e. The molecule has 6 heteroatoms. The summed E-state index contributed by atoms with van der Waals surface area (Å²) >= 11 is 0. The number of para-hydroxylation sites is 1. The highest BCUT2D eigenvalue weighted by Crippen LogP contribution is 2.44. The lowest BCUT2D eigenvalue weighted by Crippen LogP contribution is -2.21. The van der Waals surface area contributed by atoms with Crippen molar-refractivity contribution >= 4 is 5.97 Å². The normalized spacial score (nSPS) is 14.3. The second-order valence-corrected chi connectivity index (χ2v) is 8.37. The van der Waals surface area contributed by atoms with Gasteiger partial charge in [-0.2, -0.15) is 5.26 Å². The van der Waals surface area contributed by atoms with Crippen LogP contribution in [0.1, 0.15) is 33.0 Å². The summed E-state index contributed by atoms with van der Waals surface area (Å²) in [5.41, 5.74) is 9.40. The van der Waals surface area contributed by atoms with E-state index in [0.717, 1.165) is 16.7 Å². The Balaban J connectivity index is 1.47. The maximum atomic E-state index is 12.6. The molecule has 2 N–H and O–H groups in total. The van der Waals surface area contributed by atoms with E-state index in [1.807, 2.05) is 67.6 Å². The van der Waals surface area contributed by atoms with Gasteiger partial charge in [0.2, 0.25) is 5.88 Å². The highest BCUT2D eigenvalue weighted by atomic mass is 16.5. The van der Waals surface area contributed by atoms with Crippen LogP contribution in [0.3, 0.4) is 0 Å². The molecule has 6 nitrogen and oxygen atoms in total. The van der Waals surface area contributed by atoms with Gasteiger partial charge < -0.3 is 19.9 Å². The van der Waals surface area contributed by atoms with Crippen LogP contribution >= 0.6 is 0 Å². The highest BCUT2D eigenvalue weighted by Gasteiger charge is 2.31. The van der Waals surface area contributed by atoms with Gasteiger partial charge in [0.1, 0.15) is 34.6 Å². The van der Waals surface area contributed by atoms with Crippen LogP contribution in [0.5, 0.6) is 23.0 Å². The van der Waals surface area contributed by atoms with E-state index in [0.29, 0.717) is 34.1 Å². The van der Waals surface area contributed by atoms with Crippen LogP contribution < -0.4 is 19.9 Å². The lowest BCUT2D eigenvalue weighted by molar-refractivity contribution is 0.0734. The molecule has 4 aromatic carbocycles. The second-order valence-electron chi connectivity index (χ2n) is 8.37. The van der Waals surface area contributed by atoms with E-state index in [9.17, 15) is 10.1 Å². The zero-order chi connectivity index (χ0) is 25.1.